The lowest BCUT2D eigenvalue weighted by Crippen LogP contribution is -2.19. The molecule has 1 aromatic carbocycles. The average Bonchev–Trinajstić information content (AvgIpc) is 2.95. The van der Waals surface area contributed by atoms with Crippen molar-refractivity contribution in [2.75, 3.05) is 6.61 Å². The van der Waals surface area contributed by atoms with E-state index in [1.165, 1.54) is 0 Å². The van der Waals surface area contributed by atoms with Gasteiger partial charge in [-0.25, -0.2) is 9.97 Å². The van der Waals surface area contributed by atoms with Gasteiger partial charge in [0, 0.05) is 18.4 Å². The van der Waals surface area contributed by atoms with E-state index in [0.717, 1.165) is 48.4 Å². The van der Waals surface area contributed by atoms with E-state index in [-0.39, 0.29) is 12.0 Å². The van der Waals surface area contributed by atoms with Gasteiger partial charge in [-0.3, -0.25) is 4.57 Å². The Morgan fingerprint density at radius 2 is 2.14 bits per heavy atom. The summed E-state index contributed by atoms with van der Waals surface area (Å²) in [7, 11) is 0. The zero-order valence-electron chi connectivity index (χ0n) is 12.1. The van der Waals surface area contributed by atoms with E-state index in [1.807, 2.05) is 24.3 Å². The molecular weight excluding hydrogens is 278 g/mol. The van der Waals surface area contributed by atoms with Crippen LogP contribution in [0.3, 0.4) is 0 Å². The first-order valence-corrected chi connectivity index (χ1v) is 7.57. The fourth-order valence-electron chi connectivity index (χ4n) is 2.98. The van der Waals surface area contributed by atoms with Crippen LogP contribution in [0.1, 0.15) is 25.5 Å². The SMILES string of the molecule is Oc1cccc(-c2nc3cccnc3n2C2CCCCO2)c1. The summed E-state index contributed by atoms with van der Waals surface area (Å²) >= 11 is 0. The number of phenols is 1. The standard InChI is InChI=1S/C17H17N3O2/c21-13-6-3-5-12(11-13)16-19-14-7-4-9-18-17(14)20(16)15-8-1-2-10-22-15/h3-7,9,11,15,21H,1-2,8,10H2. The Bertz CT molecular complexity index is 807. The third kappa shape index (κ3) is 2.23. The molecule has 112 valence electrons. The van der Waals surface area contributed by atoms with Crippen molar-refractivity contribution in [3.05, 3.63) is 42.6 Å². The Balaban J connectivity index is 1.93. The first-order valence-electron chi connectivity index (χ1n) is 7.57. The fourth-order valence-corrected chi connectivity index (χ4v) is 2.98. The summed E-state index contributed by atoms with van der Waals surface area (Å²) in [4.78, 5) is 9.19. The Morgan fingerprint density at radius 1 is 1.18 bits per heavy atom. The first-order chi connectivity index (χ1) is 10.8. The lowest BCUT2D eigenvalue weighted by Gasteiger charge is -2.25. The quantitative estimate of drug-likeness (QED) is 0.786. The van der Waals surface area contributed by atoms with E-state index in [4.69, 9.17) is 9.72 Å². The van der Waals surface area contributed by atoms with Crippen molar-refractivity contribution >= 4 is 11.2 Å². The summed E-state index contributed by atoms with van der Waals surface area (Å²) < 4.78 is 8.00. The van der Waals surface area contributed by atoms with Gasteiger partial charge in [-0.15, -0.1) is 0 Å². The van der Waals surface area contributed by atoms with Crippen LogP contribution < -0.4 is 0 Å². The van der Waals surface area contributed by atoms with Crippen LogP contribution in [0.25, 0.3) is 22.6 Å². The number of aromatic hydroxyl groups is 1. The summed E-state index contributed by atoms with van der Waals surface area (Å²) in [5.74, 6) is 1.02. The van der Waals surface area contributed by atoms with Gasteiger partial charge >= 0.3 is 0 Å². The normalized spacial score (nSPS) is 18.6. The van der Waals surface area contributed by atoms with E-state index in [9.17, 15) is 5.11 Å². The highest BCUT2D eigenvalue weighted by Crippen LogP contribution is 2.33. The van der Waals surface area contributed by atoms with E-state index in [0.29, 0.717) is 0 Å². The molecule has 1 unspecified atom stereocenters. The second-order valence-corrected chi connectivity index (χ2v) is 5.52. The molecule has 0 bridgehead atoms. The Hall–Kier alpha value is -2.40. The minimum atomic E-state index is -0.0500. The van der Waals surface area contributed by atoms with Crippen LogP contribution in [-0.4, -0.2) is 26.2 Å². The zero-order valence-corrected chi connectivity index (χ0v) is 12.1. The third-order valence-electron chi connectivity index (χ3n) is 4.00. The molecule has 5 heteroatoms. The van der Waals surface area contributed by atoms with Crippen LogP contribution >= 0.6 is 0 Å². The minimum absolute atomic E-state index is 0.0500. The number of imidazole rings is 1. The molecule has 0 spiro atoms. The van der Waals surface area contributed by atoms with Gasteiger partial charge in [0.15, 0.2) is 5.65 Å². The van der Waals surface area contributed by atoms with E-state index in [2.05, 4.69) is 9.55 Å². The van der Waals surface area contributed by atoms with Crippen LogP contribution in [0.2, 0.25) is 0 Å². The fraction of sp³-hybridized carbons (Fsp3) is 0.294. The molecule has 1 fully saturated rings. The maximum atomic E-state index is 9.77. The predicted octanol–water partition coefficient (Wildman–Crippen LogP) is 3.50. The van der Waals surface area contributed by atoms with Crippen LogP contribution in [0.15, 0.2) is 42.6 Å². The number of hydrogen-bond acceptors (Lipinski definition) is 4. The molecule has 1 saturated heterocycles. The van der Waals surface area contributed by atoms with E-state index >= 15 is 0 Å². The number of benzene rings is 1. The van der Waals surface area contributed by atoms with Gasteiger partial charge in [-0.1, -0.05) is 12.1 Å². The molecule has 22 heavy (non-hydrogen) atoms. The number of phenolic OH excluding ortho intramolecular Hbond substituents is 1. The van der Waals surface area contributed by atoms with Crippen molar-refractivity contribution in [1.29, 1.82) is 0 Å². The Labute approximate surface area is 128 Å². The summed E-state index contributed by atoms with van der Waals surface area (Å²) in [6, 6.07) is 11.0. The highest BCUT2D eigenvalue weighted by molar-refractivity contribution is 5.77. The number of aromatic nitrogens is 3. The van der Waals surface area contributed by atoms with Crippen molar-refractivity contribution in [2.24, 2.45) is 0 Å². The largest absolute Gasteiger partial charge is 0.508 e. The predicted molar refractivity (Wildman–Crippen MR) is 83.5 cm³/mol. The highest BCUT2D eigenvalue weighted by Gasteiger charge is 2.23. The number of hydrogen-bond donors (Lipinski definition) is 1. The molecule has 1 N–H and O–H groups in total. The molecular formula is C17H17N3O2. The molecule has 3 heterocycles. The van der Waals surface area contributed by atoms with Crippen LogP contribution in [0, 0.1) is 0 Å². The molecule has 1 atom stereocenters. The smallest absolute Gasteiger partial charge is 0.162 e. The van der Waals surface area contributed by atoms with Crippen molar-refractivity contribution in [3.63, 3.8) is 0 Å². The monoisotopic (exact) mass is 295 g/mol. The number of ether oxygens (including phenoxy) is 1. The summed E-state index contributed by atoms with van der Waals surface area (Å²) in [5.41, 5.74) is 2.54. The second kappa shape index (κ2) is 5.42. The minimum Gasteiger partial charge on any atom is -0.508 e. The zero-order chi connectivity index (χ0) is 14.9. The number of nitrogens with zero attached hydrogens (tertiary/aromatic N) is 3. The van der Waals surface area contributed by atoms with Crippen LogP contribution in [-0.2, 0) is 4.74 Å². The van der Waals surface area contributed by atoms with Crippen molar-refractivity contribution < 1.29 is 9.84 Å². The topological polar surface area (TPSA) is 60.2 Å². The lowest BCUT2D eigenvalue weighted by atomic mass is 10.1. The molecule has 0 aliphatic carbocycles. The molecule has 1 aliphatic rings. The molecule has 2 aromatic heterocycles. The Morgan fingerprint density at radius 3 is 2.95 bits per heavy atom. The van der Waals surface area contributed by atoms with Crippen molar-refractivity contribution in [3.8, 4) is 17.1 Å². The lowest BCUT2D eigenvalue weighted by molar-refractivity contribution is -0.0287. The molecule has 0 saturated carbocycles. The number of pyridine rings is 1. The Kier molecular flexibility index (Phi) is 3.27. The molecule has 0 radical (unpaired) electrons. The molecule has 0 amide bonds. The van der Waals surface area contributed by atoms with Gasteiger partial charge in [0.2, 0.25) is 0 Å². The maximum Gasteiger partial charge on any atom is 0.162 e. The van der Waals surface area contributed by atoms with Crippen LogP contribution in [0.5, 0.6) is 5.75 Å². The van der Waals surface area contributed by atoms with Gasteiger partial charge in [-0.05, 0) is 43.5 Å². The summed E-state index contributed by atoms with van der Waals surface area (Å²) in [6.45, 7) is 0.761. The van der Waals surface area contributed by atoms with Gasteiger partial charge < -0.3 is 9.84 Å². The first kappa shape index (κ1) is 13.3. The molecule has 1 aliphatic heterocycles. The summed E-state index contributed by atoms with van der Waals surface area (Å²) in [5, 5.41) is 9.77. The van der Waals surface area contributed by atoms with Gasteiger partial charge in [-0.2, -0.15) is 0 Å². The summed E-state index contributed by atoms with van der Waals surface area (Å²) in [6.07, 6.45) is 4.91. The maximum absolute atomic E-state index is 9.77. The second-order valence-electron chi connectivity index (χ2n) is 5.52. The van der Waals surface area contributed by atoms with Crippen LogP contribution in [0.4, 0.5) is 0 Å². The highest BCUT2D eigenvalue weighted by atomic mass is 16.5. The molecule has 4 rings (SSSR count). The third-order valence-corrected chi connectivity index (χ3v) is 4.00. The van der Waals surface area contributed by atoms with Gasteiger partial charge in [0.25, 0.3) is 0 Å². The average molecular weight is 295 g/mol. The molecule has 5 nitrogen and oxygen atoms in total. The number of fused-ring (bicyclic) bond motifs is 1. The number of rotatable bonds is 2. The van der Waals surface area contributed by atoms with E-state index in [1.54, 1.807) is 18.3 Å². The van der Waals surface area contributed by atoms with Crippen molar-refractivity contribution in [2.45, 2.75) is 25.5 Å². The molecule has 3 aromatic rings. The van der Waals surface area contributed by atoms with Gasteiger partial charge in [0.05, 0.1) is 0 Å². The van der Waals surface area contributed by atoms with Gasteiger partial charge in [0.1, 0.15) is 23.3 Å². The van der Waals surface area contributed by atoms with Crippen molar-refractivity contribution in [1.82, 2.24) is 14.5 Å². The van der Waals surface area contributed by atoms with E-state index < -0.39 is 0 Å².